The largest absolute Gasteiger partial charge is 0.472 e. The number of piperidine rings is 2. The molecule has 4 aromatic rings. The predicted octanol–water partition coefficient (Wildman–Crippen LogP) is 4.97. The highest BCUT2D eigenvalue weighted by Gasteiger charge is 2.32. The molecule has 5 heterocycles. The van der Waals surface area contributed by atoms with Crippen molar-refractivity contribution < 1.29 is 18.0 Å². The van der Waals surface area contributed by atoms with E-state index in [0.717, 1.165) is 62.4 Å². The monoisotopic (exact) mass is 519 g/mol. The summed E-state index contributed by atoms with van der Waals surface area (Å²) in [7, 11) is 0. The first-order chi connectivity index (χ1) is 18.5. The highest BCUT2D eigenvalue weighted by molar-refractivity contribution is 5.79. The lowest BCUT2D eigenvalue weighted by atomic mass is 9.93. The second-order valence-electron chi connectivity index (χ2n) is 10.4. The molecular formula is C29H31F2N5O2. The summed E-state index contributed by atoms with van der Waals surface area (Å²) in [4.78, 5) is 26.8. The standard InChI is InChI=1S/C29H31F2N5O2/c30-24-16-26-27(17-25(24)31)36(28(33-26)15-22-3-1-2-9-32-22)23-6-12-35(13-7-23)29(37)21-4-10-34(11-5-21)18-20-8-14-38-19-20/h1-3,8-9,14,16-17,19,21,23H,4-7,10-13,15,18H2. The van der Waals surface area contributed by atoms with Crippen LogP contribution in [0.15, 0.2) is 59.5 Å². The van der Waals surface area contributed by atoms with Crippen LogP contribution in [-0.4, -0.2) is 56.4 Å². The van der Waals surface area contributed by atoms with E-state index < -0.39 is 11.6 Å². The fourth-order valence-electron chi connectivity index (χ4n) is 5.92. The molecule has 0 N–H and O–H groups in total. The SMILES string of the molecule is O=C(C1CCN(Cc2ccoc2)CC1)N1CCC(n2c(Cc3ccccn3)nc3cc(F)c(F)cc32)CC1. The minimum atomic E-state index is -0.900. The van der Waals surface area contributed by atoms with Crippen molar-refractivity contribution in [3.8, 4) is 0 Å². The lowest BCUT2D eigenvalue weighted by molar-refractivity contribution is -0.138. The zero-order valence-corrected chi connectivity index (χ0v) is 21.2. The van der Waals surface area contributed by atoms with Crippen molar-refractivity contribution in [2.75, 3.05) is 26.2 Å². The maximum atomic E-state index is 14.2. The second kappa shape index (κ2) is 10.6. The maximum Gasteiger partial charge on any atom is 0.225 e. The Hall–Kier alpha value is -3.59. The van der Waals surface area contributed by atoms with Crippen molar-refractivity contribution in [2.24, 2.45) is 5.92 Å². The van der Waals surface area contributed by atoms with E-state index in [1.54, 1.807) is 18.7 Å². The Labute approximate surface area is 220 Å². The van der Waals surface area contributed by atoms with Gasteiger partial charge in [0.2, 0.25) is 5.91 Å². The number of hydrogen-bond acceptors (Lipinski definition) is 5. The van der Waals surface area contributed by atoms with Gasteiger partial charge < -0.3 is 13.9 Å². The fraction of sp³-hybridized carbons (Fsp3) is 0.414. The number of carbonyl (C=O) groups excluding carboxylic acids is 1. The van der Waals surface area contributed by atoms with Crippen molar-refractivity contribution in [3.63, 3.8) is 0 Å². The van der Waals surface area contributed by atoms with Crippen LogP contribution in [0, 0.1) is 17.6 Å². The summed E-state index contributed by atoms with van der Waals surface area (Å²) in [6, 6.07) is 10.1. The lowest BCUT2D eigenvalue weighted by Crippen LogP contribution is -2.45. The van der Waals surface area contributed by atoms with Gasteiger partial charge in [0.25, 0.3) is 0 Å². The summed E-state index contributed by atoms with van der Waals surface area (Å²) in [5, 5.41) is 0. The Kier molecular flexibility index (Phi) is 6.93. The number of imidazole rings is 1. The van der Waals surface area contributed by atoms with E-state index in [1.807, 2.05) is 33.7 Å². The van der Waals surface area contributed by atoms with E-state index in [9.17, 15) is 13.6 Å². The Morgan fingerprint density at radius 1 is 1.00 bits per heavy atom. The highest BCUT2D eigenvalue weighted by Crippen LogP contribution is 2.32. The van der Waals surface area contributed by atoms with E-state index in [0.29, 0.717) is 30.5 Å². The van der Waals surface area contributed by atoms with Crippen LogP contribution < -0.4 is 0 Å². The van der Waals surface area contributed by atoms with Crippen LogP contribution in [0.4, 0.5) is 8.78 Å². The van der Waals surface area contributed by atoms with Crippen LogP contribution in [0.25, 0.3) is 11.0 Å². The molecule has 2 saturated heterocycles. The van der Waals surface area contributed by atoms with Gasteiger partial charge in [-0.05, 0) is 57.0 Å². The molecule has 6 rings (SSSR count). The number of rotatable bonds is 6. The van der Waals surface area contributed by atoms with Gasteiger partial charge in [0.05, 0.1) is 23.6 Å². The average Bonchev–Trinajstić information content (AvgIpc) is 3.57. The molecule has 9 heteroatoms. The molecule has 2 aliphatic rings. The van der Waals surface area contributed by atoms with Gasteiger partial charge >= 0.3 is 0 Å². The number of benzene rings is 1. The molecule has 0 aliphatic carbocycles. The number of fused-ring (bicyclic) bond motifs is 1. The number of aromatic nitrogens is 3. The number of nitrogens with zero attached hydrogens (tertiary/aromatic N) is 5. The van der Waals surface area contributed by atoms with Crippen LogP contribution in [0.1, 0.15) is 48.8 Å². The molecular weight excluding hydrogens is 488 g/mol. The smallest absolute Gasteiger partial charge is 0.225 e. The molecule has 2 fully saturated rings. The van der Waals surface area contributed by atoms with Gasteiger partial charge in [0, 0.05) is 67.6 Å². The molecule has 3 aromatic heterocycles. The number of halogens is 2. The third kappa shape index (κ3) is 5.07. The van der Waals surface area contributed by atoms with Crippen molar-refractivity contribution in [3.05, 3.63) is 83.8 Å². The molecule has 0 radical (unpaired) electrons. The summed E-state index contributed by atoms with van der Waals surface area (Å²) in [6.45, 7) is 3.94. The first-order valence-electron chi connectivity index (χ1n) is 13.3. The Bertz CT molecular complexity index is 1390. The van der Waals surface area contributed by atoms with Gasteiger partial charge in [0.15, 0.2) is 11.6 Å². The van der Waals surface area contributed by atoms with E-state index in [1.165, 1.54) is 12.1 Å². The summed E-state index contributed by atoms with van der Waals surface area (Å²) in [5.74, 6) is -0.752. The summed E-state index contributed by atoms with van der Waals surface area (Å²) >= 11 is 0. The maximum absolute atomic E-state index is 14.2. The lowest BCUT2D eigenvalue weighted by Gasteiger charge is -2.38. The van der Waals surface area contributed by atoms with Crippen LogP contribution in [0.2, 0.25) is 0 Å². The third-order valence-electron chi connectivity index (χ3n) is 7.93. The third-order valence-corrected chi connectivity index (χ3v) is 7.93. The van der Waals surface area contributed by atoms with Gasteiger partial charge in [-0.1, -0.05) is 6.07 Å². The van der Waals surface area contributed by atoms with Crippen molar-refractivity contribution >= 4 is 16.9 Å². The van der Waals surface area contributed by atoms with Crippen LogP contribution in [0.5, 0.6) is 0 Å². The molecule has 1 amide bonds. The predicted molar refractivity (Wildman–Crippen MR) is 138 cm³/mol. The van der Waals surface area contributed by atoms with Crippen molar-refractivity contribution in [2.45, 2.75) is 44.7 Å². The van der Waals surface area contributed by atoms with E-state index in [-0.39, 0.29) is 17.9 Å². The zero-order chi connectivity index (χ0) is 26.1. The first-order valence-corrected chi connectivity index (χ1v) is 13.3. The summed E-state index contributed by atoms with van der Waals surface area (Å²) < 4.78 is 35.5. The first kappa shape index (κ1) is 24.7. The molecule has 1 aromatic carbocycles. The fourth-order valence-corrected chi connectivity index (χ4v) is 5.92. The number of furan rings is 1. The summed E-state index contributed by atoms with van der Waals surface area (Å²) in [6.07, 6.45) is 8.87. The Morgan fingerprint density at radius 3 is 2.50 bits per heavy atom. The molecule has 198 valence electrons. The number of likely N-dealkylation sites (tertiary alicyclic amines) is 2. The Balaban J connectivity index is 1.13. The van der Waals surface area contributed by atoms with Crippen molar-refractivity contribution in [1.82, 2.24) is 24.3 Å². The number of pyridine rings is 1. The van der Waals surface area contributed by atoms with Gasteiger partial charge in [0.1, 0.15) is 5.82 Å². The van der Waals surface area contributed by atoms with E-state index in [2.05, 4.69) is 14.9 Å². The van der Waals surface area contributed by atoms with E-state index >= 15 is 0 Å². The number of carbonyl (C=O) groups is 1. The number of amides is 1. The highest BCUT2D eigenvalue weighted by atomic mass is 19.2. The average molecular weight is 520 g/mol. The molecule has 0 atom stereocenters. The second-order valence-corrected chi connectivity index (χ2v) is 10.4. The van der Waals surface area contributed by atoms with Gasteiger partial charge in [-0.3, -0.25) is 14.7 Å². The van der Waals surface area contributed by atoms with Crippen LogP contribution >= 0.6 is 0 Å². The molecule has 0 spiro atoms. The molecule has 2 aliphatic heterocycles. The van der Waals surface area contributed by atoms with Crippen molar-refractivity contribution in [1.29, 1.82) is 0 Å². The molecule has 0 bridgehead atoms. The minimum Gasteiger partial charge on any atom is -0.472 e. The molecule has 0 unspecified atom stereocenters. The summed E-state index contributed by atoms with van der Waals surface area (Å²) in [5.41, 5.74) is 3.03. The van der Waals surface area contributed by atoms with Gasteiger partial charge in [-0.25, -0.2) is 13.8 Å². The van der Waals surface area contributed by atoms with Gasteiger partial charge in [-0.2, -0.15) is 0 Å². The molecule has 38 heavy (non-hydrogen) atoms. The number of hydrogen-bond donors (Lipinski definition) is 0. The topological polar surface area (TPSA) is 67.4 Å². The molecule has 0 saturated carbocycles. The van der Waals surface area contributed by atoms with Crippen LogP contribution in [0.3, 0.4) is 0 Å². The quantitative estimate of drug-likeness (QED) is 0.360. The minimum absolute atomic E-state index is 0.0458. The Morgan fingerprint density at radius 2 is 1.79 bits per heavy atom. The molecule has 7 nitrogen and oxygen atoms in total. The normalized spacial score (nSPS) is 17.9. The van der Waals surface area contributed by atoms with E-state index in [4.69, 9.17) is 4.42 Å². The van der Waals surface area contributed by atoms with Crippen LogP contribution in [-0.2, 0) is 17.8 Å². The zero-order valence-electron chi connectivity index (χ0n) is 21.2. The van der Waals surface area contributed by atoms with Gasteiger partial charge in [-0.15, -0.1) is 0 Å².